The van der Waals surface area contributed by atoms with Crippen molar-refractivity contribution in [3.8, 4) is 0 Å². The Morgan fingerprint density at radius 2 is 2.06 bits per heavy atom. The van der Waals surface area contributed by atoms with Crippen molar-refractivity contribution in [1.29, 1.82) is 0 Å². The number of aliphatic carboxylic acids is 1. The average molecular weight is 254 g/mol. The van der Waals surface area contributed by atoms with Gasteiger partial charge in [-0.25, -0.2) is 0 Å². The van der Waals surface area contributed by atoms with E-state index >= 15 is 0 Å². The van der Waals surface area contributed by atoms with Crippen LogP contribution in [-0.4, -0.2) is 35.5 Å². The van der Waals surface area contributed by atoms with Gasteiger partial charge in [0.15, 0.2) is 0 Å². The highest BCUT2D eigenvalue weighted by Crippen LogP contribution is 2.29. The van der Waals surface area contributed by atoms with Gasteiger partial charge >= 0.3 is 5.97 Å². The van der Waals surface area contributed by atoms with Crippen LogP contribution in [0.4, 0.5) is 0 Å². The van der Waals surface area contributed by atoms with Crippen LogP contribution in [0.2, 0.25) is 0 Å². The van der Waals surface area contributed by atoms with Gasteiger partial charge in [-0.3, -0.25) is 19.7 Å². The van der Waals surface area contributed by atoms with E-state index in [-0.39, 0.29) is 30.1 Å². The molecule has 3 atom stereocenters. The van der Waals surface area contributed by atoms with Crippen molar-refractivity contribution in [1.82, 2.24) is 10.6 Å². The molecule has 1 saturated heterocycles. The number of imide groups is 1. The Hall–Kier alpha value is -1.43. The van der Waals surface area contributed by atoms with Crippen LogP contribution < -0.4 is 10.6 Å². The molecule has 0 radical (unpaired) electrons. The summed E-state index contributed by atoms with van der Waals surface area (Å²) in [6, 6.07) is -0.492. The molecule has 1 heterocycles. The smallest absolute Gasteiger partial charge is 0.306 e. The summed E-state index contributed by atoms with van der Waals surface area (Å²) >= 11 is 0. The van der Waals surface area contributed by atoms with Crippen molar-refractivity contribution >= 4 is 17.8 Å². The monoisotopic (exact) mass is 254 g/mol. The molecule has 0 spiro atoms. The third-order valence-electron chi connectivity index (χ3n) is 3.82. The van der Waals surface area contributed by atoms with Gasteiger partial charge in [0, 0.05) is 0 Å². The van der Waals surface area contributed by atoms with Crippen molar-refractivity contribution in [2.75, 3.05) is 6.54 Å². The van der Waals surface area contributed by atoms with E-state index in [0.717, 1.165) is 19.3 Å². The average Bonchev–Trinajstić information content (AvgIpc) is 2.65. The molecule has 2 aliphatic rings. The maximum absolute atomic E-state index is 11.4. The summed E-state index contributed by atoms with van der Waals surface area (Å²) in [7, 11) is 0. The molecule has 0 aromatic heterocycles. The van der Waals surface area contributed by atoms with Gasteiger partial charge in [-0.1, -0.05) is 12.8 Å². The Bertz CT molecular complexity index is 369. The van der Waals surface area contributed by atoms with Crippen LogP contribution in [-0.2, 0) is 14.4 Å². The lowest BCUT2D eigenvalue weighted by Gasteiger charge is -2.29. The minimum absolute atomic E-state index is 0.0553. The molecule has 2 amide bonds. The van der Waals surface area contributed by atoms with Gasteiger partial charge < -0.3 is 10.4 Å². The lowest BCUT2D eigenvalue weighted by atomic mass is 9.79. The highest BCUT2D eigenvalue weighted by atomic mass is 16.4. The van der Waals surface area contributed by atoms with Gasteiger partial charge in [0.25, 0.3) is 0 Å². The minimum Gasteiger partial charge on any atom is -0.481 e. The molecule has 3 N–H and O–H groups in total. The van der Waals surface area contributed by atoms with E-state index in [4.69, 9.17) is 5.11 Å². The van der Waals surface area contributed by atoms with Crippen molar-refractivity contribution in [3.63, 3.8) is 0 Å². The van der Waals surface area contributed by atoms with Gasteiger partial charge in [0.1, 0.15) is 0 Å². The molecule has 1 aliphatic carbocycles. The first-order chi connectivity index (χ1) is 8.58. The molecule has 100 valence electrons. The van der Waals surface area contributed by atoms with Gasteiger partial charge in [-0.2, -0.15) is 0 Å². The number of rotatable bonds is 4. The van der Waals surface area contributed by atoms with Crippen LogP contribution in [0.5, 0.6) is 0 Å². The lowest BCUT2D eigenvalue weighted by molar-refractivity contribution is -0.144. The Balaban J connectivity index is 1.86. The van der Waals surface area contributed by atoms with Crippen molar-refractivity contribution < 1.29 is 19.5 Å². The minimum atomic E-state index is -0.756. The largest absolute Gasteiger partial charge is 0.481 e. The number of amides is 2. The first-order valence-corrected chi connectivity index (χ1v) is 6.38. The zero-order chi connectivity index (χ0) is 13.1. The van der Waals surface area contributed by atoms with Crippen LogP contribution in [0.25, 0.3) is 0 Å². The fourth-order valence-electron chi connectivity index (χ4n) is 2.79. The van der Waals surface area contributed by atoms with Gasteiger partial charge in [0.05, 0.1) is 18.4 Å². The van der Waals surface area contributed by atoms with Gasteiger partial charge in [-0.15, -0.1) is 0 Å². The fourth-order valence-corrected chi connectivity index (χ4v) is 2.79. The summed E-state index contributed by atoms with van der Waals surface area (Å²) in [5.41, 5.74) is 0. The fraction of sp³-hybridized carbons (Fsp3) is 0.750. The summed E-state index contributed by atoms with van der Waals surface area (Å²) in [5, 5.41) is 14.4. The number of nitrogens with one attached hydrogen (secondary N) is 2. The normalized spacial score (nSPS) is 32.3. The topological polar surface area (TPSA) is 95.5 Å². The second kappa shape index (κ2) is 5.48. The SMILES string of the molecule is O=C1CC(NCC2CCCCC2C(=O)O)C(=O)N1. The quantitative estimate of drug-likeness (QED) is 0.608. The molecule has 1 aliphatic heterocycles. The number of carboxylic acids is 1. The zero-order valence-corrected chi connectivity index (χ0v) is 10.1. The van der Waals surface area contributed by atoms with E-state index < -0.39 is 12.0 Å². The first kappa shape index (κ1) is 13.0. The van der Waals surface area contributed by atoms with Crippen LogP contribution in [0.3, 0.4) is 0 Å². The molecular formula is C12H18N2O4. The van der Waals surface area contributed by atoms with Gasteiger partial charge in [0.2, 0.25) is 11.8 Å². The number of carbonyl (C=O) groups excluding carboxylic acids is 2. The first-order valence-electron chi connectivity index (χ1n) is 6.38. The number of hydrogen-bond donors (Lipinski definition) is 3. The standard InChI is InChI=1S/C12H18N2O4/c15-10-5-9(11(16)14-10)13-6-7-3-1-2-4-8(7)12(17)18/h7-9,13H,1-6H2,(H,17,18)(H,14,15,16). The zero-order valence-electron chi connectivity index (χ0n) is 10.1. The van der Waals surface area contributed by atoms with Crippen LogP contribution >= 0.6 is 0 Å². The second-order valence-electron chi connectivity index (χ2n) is 5.07. The molecule has 0 aromatic carbocycles. The van der Waals surface area contributed by atoms with E-state index in [1.54, 1.807) is 0 Å². The molecule has 18 heavy (non-hydrogen) atoms. The number of carboxylic acid groups (broad SMARTS) is 1. The molecule has 6 heteroatoms. The summed E-state index contributed by atoms with van der Waals surface area (Å²) < 4.78 is 0. The molecule has 1 saturated carbocycles. The maximum atomic E-state index is 11.4. The van der Waals surface area contributed by atoms with E-state index in [9.17, 15) is 14.4 Å². The van der Waals surface area contributed by atoms with Crippen molar-refractivity contribution in [3.05, 3.63) is 0 Å². The number of hydrogen-bond acceptors (Lipinski definition) is 4. The van der Waals surface area contributed by atoms with Crippen molar-refractivity contribution in [2.24, 2.45) is 11.8 Å². The van der Waals surface area contributed by atoms with Crippen LogP contribution in [0, 0.1) is 11.8 Å². The summed E-state index contributed by atoms with van der Waals surface area (Å²) in [6.07, 6.45) is 3.72. The van der Waals surface area contributed by atoms with Crippen LogP contribution in [0.1, 0.15) is 32.1 Å². The molecule has 2 fully saturated rings. The maximum Gasteiger partial charge on any atom is 0.306 e. The van der Waals surface area contributed by atoms with Crippen molar-refractivity contribution in [2.45, 2.75) is 38.1 Å². The van der Waals surface area contributed by atoms with E-state index in [2.05, 4.69) is 10.6 Å². The Morgan fingerprint density at radius 3 is 2.67 bits per heavy atom. The van der Waals surface area contributed by atoms with E-state index in [1.807, 2.05) is 0 Å². The predicted molar refractivity (Wildman–Crippen MR) is 62.6 cm³/mol. The molecule has 0 aromatic rings. The third kappa shape index (κ3) is 2.87. The second-order valence-corrected chi connectivity index (χ2v) is 5.07. The Kier molecular flexibility index (Phi) is 3.96. The third-order valence-corrected chi connectivity index (χ3v) is 3.82. The van der Waals surface area contributed by atoms with E-state index in [1.165, 1.54) is 0 Å². The molecule has 2 rings (SSSR count). The Morgan fingerprint density at radius 1 is 1.33 bits per heavy atom. The van der Waals surface area contributed by atoms with Gasteiger partial charge in [-0.05, 0) is 25.3 Å². The predicted octanol–water partition coefficient (Wildman–Crippen LogP) is -0.118. The molecule has 6 nitrogen and oxygen atoms in total. The van der Waals surface area contributed by atoms with E-state index in [0.29, 0.717) is 13.0 Å². The highest BCUT2D eigenvalue weighted by molar-refractivity contribution is 6.05. The summed E-state index contributed by atoms with van der Waals surface area (Å²) in [5.74, 6) is -1.60. The van der Waals surface area contributed by atoms with Crippen LogP contribution in [0.15, 0.2) is 0 Å². The highest BCUT2D eigenvalue weighted by Gasteiger charge is 2.34. The Labute approximate surface area is 105 Å². The molecule has 3 unspecified atom stereocenters. The molecular weight excluding hydrogens is 236 g/mol. The molecule has 0 bridgehead atoms. The number of carbonyl (C=O) groups is 3. The summed E-state index contributed by atoms with van der Waals surface area (Å²) in [4.78, 5) is 33.5. The lowest BCUT2D eigenvalue weighted by Crippen LogP contribution is -2.42. The summed E-state index contributed by atoms with van der Waals surface area (Å²) in [6.45, 7) is 0.488.